The molecule has 0 radical (unpaired) electrons. The first-order chi connectivity index (χ1) is 13.5. The Morgan fingerprint density at radius 3 is 2.86 bits per heavy atom. The highest BCUT2D eigenvalue weighted by Crippen LogP contribution is 2.24. The van der Waals surface area contributed by atoms with Crippen molar-refractivity contribution in [3.63, 3.8) is 0 Å². The first-order valence-corrected chi connectivity index (χ1v) is 8.42. The second-order valence-electron chi connectivity index (χ2n) is 6.12. The predicted molar refractivity (Wildman–Crippen MR) is 93.2 cm³/mol. The number of fused-ring (bicyclic) bond motifs is 1. The Labute approximate surface area is 157 Å². The van der Waals surface area contributed by atoms with E-state index in [1.54, 1.807) is 24.3 Å². The molecule has 0 spiro atoms. The smallest absolute Gasteiger partial charge is 0.351 e. The highest BCUT2D eigenvalue weighted by Gasteiger charge is 2.31. The van der Waals surface area contributed by atoms with Crippen LogP contribution in [0.3, 0.4) is 0 Å². The SMILES string of the molecule is O=C(OCc1nc2ccccc2n1C(F)F)C1CC(c2cccc(F)c2)=NO1. The van der Waals surface area contributed by atoms with Crippen LogP contribution in [0.15, 0.2) is 53.7 Å². The van der Waals surface area contributed by atoms with E-state index >= 15 is 0 Å². The molecule has 1 atom stereocenters. The number of halogens is 3. The van der Waals surface area contributed by atoms with Crippen LogP contribution in [-0.4, -0.2) is 27.3 Å². The molecule has 1 aromatic heterocycles. The number of carbonyl (C=O) groups excluding carboxylic acids is 1. The fraction of sp³-hybridized carbons (Fsp3) is 0.211. The first kappa shape index (κ1) is 18.0. The van der Waals surface area contributed by atoms with Gasteiger partial charge < -0.3 is 9.57 Å². The molecule has 0 saturated heterocycles. The van der Waals surface area contributed by atoms with Gasteiger partial charge in [0.2, 0.25) is 6.10 Å². The zero-order valence-electron chi connectivity index (χ0n) is 14.4. The molecule has 0 N–H and O–H groups in total. The van der Waals surface area contributed by atoms with E-state index in [2.05, 4.69) is 10.1 Å². The minimum Gasteiger partial charge on any atom is -0.455 e. The van der Waals surface area contributed by atoms with Gasteiger partial charge in [-0.15, -0.1) is 0 Å². The van der Waals surface area contributed by atoms with Crippen LogP contribution in [0.5, 0.6) is 0 Å². The number of benzene rings is 2. The number of hydrogen-bond acceptors (Lipinski definition) is 5. The lowest BCUT2D eigenvalue weighted by Crippen LogP contribution is -2.24. The van der Waals surface area contributed by atoms with Crippen molar-refractivity contribution in [1.82, 2.24) is 9.55 Å². The molecule has 3 aromatic rings. The van der Waals surface area contributed by atoms with Gasteiger partial charge in [-0.05, 0) is 24.3 Å². The molecule has 2 aromatic carbocycles. The van der Waals surface area contributed by atoms with Crippen LogP contribution in [0.25, 0.3) is 11.0 Å². The Morgan fingerprint density at radius 1 is 1.25 bits per heavy atom. The summed E-state index contributed by atoms with van der Waals surface area (Å²) in [5, 5.41) is 3.79. The van der Waals surface area contributed by atoms with Gasteiger partial charge in [0.1, 0.15) is 12.4 Å². The minimum atomic E-state index is -2.83. The molecule has 1 aliphatic heterocycles. The van der Waals surface area contributed by atoms with Crippen molar-refractivity contribution >= 4 is 22.7 Å². The zero-order chi connectivity index (χ0) is 19.7. The summed E-state index contributed by atoms with van der Waals surface area (Å²) < 4.78 is 45.9. The maximum Gasteiger partial charge on any atom is 0.351 e. The average Bonchev–Trinajstić information content (AvgIpc) is 3.31. The predicted octanol–water partition coefficient (Wildman–Crippen LogP) is 3.81. The number of ether oxygens (including phenoxy) is 1. The van der Waals surface area contributed by atoms with Gasteiger partial charge in [-0.25, -0.2) is 14.2 Å². The lowest BCUT2D eigenvalue weighted by Gasteiger charge is -2.10. The Hall–Kier alpha value is -3.36. The van der Waals surface area contributed by atoms with E-state index in [1.807, 2.05) is 0 Å². The van der Waals surface area contributed by atoms with Gasteiger partial charge in [-0.2, -0.15) is 8.78 Å². The highest BCUT2D eigenvalue weighted by molar-refractivity contribution is 6.03. The monoisotopic (exact) mass is 389 g/mol. The number of esters is 1. The summed E-state index contributed by atoms with van der Waals surface area (Å²) in [5.41, 5.74) is 1.52. The number of aromatic nitrogens is 2. The van der Waals surface area contributed by atoms with Gasteiger partial charge in [0.25, 0.3) is 0 Å². The van der Waals surface area contributed by atoms with Crippen molar-refractivity contribution in [3.8, 4) is 0 Å². The van der Waals surface area contributed by atoms with E-state index in [0.29, 0.717) is 21.4 Å². The Morgan fingerprint density at radius 2 is 2.07 bits per heavy atom. The highest BCUT2D eigenvalue weighted by atomic mass is 19.3. The summed E-state index contributed by atoms with van der Waals surface area (Å²) in [7, 11) is 0. The Bertz CT molecular complexity index is 1060. The average molecular weight is 389 g/mol. The molecule has 144 valence electrons. The summed E-state index contributed by atoms with van der Waals surface area (Å²) in [6.45, 7) is -3.26. The van der Waals surface area contributed by atoms with Crippen LogP contribution in [0.1, 0.15) is 24.4 Å². The molecule has 6 nitrogen and oxygen atoms in total. The van der Waals surface area contributed by atoms with Crippen LogP contribution in [-0.2, 0) is 21.0 Å². The molecule has 4 rings (SSSR count). The van der Waals surface area contributed by atoms with E-state index in [4.69, 9.17) is 9.57 Å². The van der Waals surface area contributed by atoms with E-state index in [-0.39, 0.29) is 17.8 Å². The van der Waals surface area contributed by atoms with Crippen molar-refractivity contribution in [3.05, 3.63) is 65.7 Å². The fourth-order valence-corrected chi connectivity index (χ4v) is 2.98. The van der Waals surface area contributed by atoms with Gasteiger partial charge in [0.05, 0.1) is 16.7 Å². The number of nitrogens with zero attached hydrogens (tertiary/aromatic N) is 3. The third-order valence-corrected chi connectivity index (χ3v) is 4.30. The number of hydrogen-bond donors (Lipinski definition) is 0. The van der Waals surface area contributed by atoms with E-state index in [1.165, 1.54) is 24.3 Å². The molecule has 0 amide bonds. The molecule has 0 aliphatic carbocycles. The van der Waals surface area contributed by atoms with Crippen molar-refractivity contribution in [2.45, 2.75) is 25.7 Å². The van der Waals surface area contributed by atoms with Gasteiger partial charge in [0.15, 0.2) is 5.82 Å². The van der Waals surface area contributed by atoms with Crippen molar-refractivity contribution < 1.29 is 27.5 Å². The first-order valence-electron chi connectivity index (χ1n) is 8.42. The topological polar surface area (TPSA) is 65.7 Å². The second kappa shape index (κ2) is 7.34. The van der Waals surface area contributed by atoms with Crippen molar-refractivity contribution in [1.29, 1.82) is 0 Å². The second-order valence-corrected chi connectivity index (χ2v) is 6.12. The lowest BCUT2D eigenvalue weighted by atomic mass is 10.1. The molecule has 0 bridgehead atoms. The molecule has 1 aliphatic rings. The quantitative estimate of drug-likeness (QED) is 0.623. The van der Waals surface area contributed by atoms with Crippen molar-refractivity contribution in [2.75, 3.05) is 0 Å². The number of alkyl halides is 2. The summed E-state index contributed by atoms with van der Waals surface area (Å²) in [6.07, 6.45) is -0.935. The molecule has 0 fully saturated rings. The standard InChI is InChI=1S/C19H14F3N3O3/c20-12-5-3-4-11(8-12)14-9-16(28-24-14)18(26)27-10-17-23-13-6-1-2-7-15(13)25(17)19(21)22/h1-8,16,19H,9-10H2. The van der Waals surface area contributed by atoms with Crippen LogP contribution in [0.4, 0.5) is 13.2 Å². The van der Waals surface area contributed by atoms with Gasteiger partial charge in [0, 0.05) is 12.0 Å². The summed E-state index contributed by atoms with van der Waals surface area (Å²) in [4.78, 5) is 21.4. The molecule has 0 saturated carbocycles. The largest absolute Gasteiger partial charge is 0.455 e. The van der Waals surface area contributed by atoms with Gasteiger partial charge in [-0.1, -0.05) is 29.4 Å². The summed E-state index contributed by atoms with van der Waals surface area (Å²) in [6, 6.07) is 12.1. The normalized spacial score (nSPS) is 16.3. The van der Waals surface area contributed by atoms with Crippen LogP contribution >= 0.6 is 0 Å². The third kappa shape index (κ3) is 3.42. The Balaban J connectivity index is 1.43. The minimum absolute atomic E-state index is 0.0752. The lowest BCUT2D eigenvalue weighted by molar-refractivity contribution is -0.157. The number of carbonyl (C=O) groups is 1. The van der Waals surface area contributed by atoms with Gasteiger partial charge >= 0.3 is 12.5 Å². The number of rotatable bonds is 5. The molecule has 1 unspecified atom stereocenters. The molecular formula is C19H14F3N3O3. The Kier molecular flexibility index (Phi) is 4.72. The molecule has 28 heavy (non-hydrogen) atoms. The van der Waals surface area contributed by atoms with E-state index in [9.17, 15) is 18.0 Å². The summed E-state index contributed by atoms with van der Waals surface area (Å²) in [5.74, 6) is -1.27. The van der Waals surface area contributed by atoms with Crippen molar-refractivity contribution in [2.24, 2.45) is 5.16 Å². The van der Waals surface area contributed by atoms with E-state index in [0.717, 1.165) is 0 Å². The molecule has 2 heterocycles. The van der Waals surface area contributed by atoms with E-state index < -0.39 is 31.0 Å². The third-order valence-electron chi connectivity index (χ3n) is 4.30. The fourth-order valence-electron chi connectivity index (χ4n) is 2.98. The number of para-hydroxylation sites is 2. The maximum absolute atomic E-state index is 13.4. The number of oxime groups is 1. The van der Waals surface area contributed by atoms with Crippen LogP contribution in [0, 0.1) is 5.82 Å². The van der Waals surface area contributed by atoms with Crippen LogP contribution < -0.4 is 0 Å². The molecular weight excluding hydrogens is 375 g/mol. The van der Waals surface area contributed by atoms with Crippen LogP contribution in [0.2, 0.25) is 0 Å². The zero-order valence-corrected chi connectivity index (χ0v) is 14.4. The maximum atomic E-state index is 13.4. The summed E-state index contributed by atoms with van der Waals surface area (Å²) >= 11 is 0. The molecule has 9 heteroatoms. The van der Waals surface area contributed by atoms with Gasteiger partial charge in [-0.3, -0.25) is 4.57 Å². The number of imidazole rings is 1.